The van der Waals surface area contributed by atoms with Crippen LogP contribution in [-0.2, 0) is 20.8 Å². The van der Waals surface area contributed by atoms with Crippen LogP contribution in [0.15, 0.2) is 59.8 Å². The number of benzene rings is 2. The summed E-state index contributed by atoms with van der Waals surface area (Å²) in [6, 6.07) is 16.8. The number of hydrogen-bond donors (Lipinski definition) is 1. The van der Waals surface area contributed by atoms with Crippen molar-refractivity contribution in [3.05, 3.63) is 71.3 Å². The monoisotopic (exact) mass is 379 g/mol. The van der Waals surface area contributed by atoms with Crippen LogP contribution in [0, 0.1) is 6.92 Å². The molecule has 2 aromatic rings. The highest BCUT2D eigenvalue weighted by molar-refractivity contribution is 6.05. The van der Waals surface area contributed by atoms with E-state index < -0.39 is 12.1 Å². The van der Waals surface area contributed by atoms with E-state index in [9.17, 15) is 9.59 Å². The first-order valence-electron chi connectivity index (χ1n) is 9.30. The Balaban J connectivity index is 1.67. The first kappa shape index (κ1) is 19.6. The van der Waals surface area contributed by atoms with E-state index in [1.165, 1.54) is 4.90 Å². The Morgan fingerprint density at radius 2 is 1.82 bits per heavy atom. The number of nitrogens with zero attached hydrogens (tertiary/aromatic N) is 2. The molecule has 1 aliphatic rings. The highest BCUT2D eigenvalue weighted by Crippen LogP contribution is 2.19. The zero-order valence-electron chi connectivity index (χ0n) is 16.4. The molecule has 0 bridgehead atoms. The van der Waals surface area contributed by atoms with E-state index >= 15 is 0 Å². The van der Waals surface area contributed by atoms with Gasteiger partial charge in [-0.3, -0.25) is 9.59 Å². The second-order valence-corrected chi connectivity index (χ2v) is 7.13. The van der Waals surface area contributed by atoms with Crippen molar-refractivity contribution in [2.75, 3.05) is 14.1 Å². The van der Waals surface area contributed by atoms with Gasteiger partial charge in [-0.25, -0.2) is 0 Å². The number of rotatable bonds is 6. The third-order valence-corrected chi connectivity index (χ3v) is 4.76. The molecule has 1 heterocycles. The van der Waals surface area contributed by atoms with Gasteiger partial charge in [0.1, 0.15) is 6.04 Å². The summed E-state index contributed by atoms with van der Waals surface area (Å²) in [5.41, 5.74) is 3.78. The van der Waals surface area contributed by atoms with Crippen LogP contribution in [0.3, 0.4) is 0 Å². The molecule has 0 spiro atoms. The van der Waals surface area contributed by atoms with Gasteiger partial charge in [0.25, 0.3) is 5.91 Å². The molecule has 2 unspecified atom stereocenters. The van der Waals surface area contributed by atoms with Crippen LogP contribution < -0.4 is 5.32 Å². The quantitative estimate of drug-likeness (QED) is 0.837. The Morgan fingerprint density at radius 3 is 2.50 bits per heavy atom. The first-order valence-corrected chi connectivity index (χ1v) is 9.30. The van der Waals surface area contributed by atoms with Crippen molar-refractivity contribution < 1.29 is 14.4 Å². The molecule has 6 nitrogen and oxygen atoms in total. The summed E-state index contributed by atoms with van der Waals surface area (Å²) in [5, 5.41) is 6.95. The highest BCUT2D eigenvalue weighted by Gasteiger charge is 2.32. The Hall–Kier alpha value is -3.15. The van der Waals surface area contributed by atoms with E-state index in [1.807, 2.05) is 61.5 Å². The minimum Gasteiger partial charge on any atom is -0.382 e. The average Bonchev–Trinajstić information content (AvgIpc) is 3.18. The molecule has 0 saturated carbocycles. The number of likely N-dealkylation sites (N-methyl/N-ethyl adjacent to an activating group) is 1. The lowest BCUT2D eigenvalue weighted by atomic mass is 9.99. The molecule has 0 aliphatic carbocycles. The maximum Gasteiger partial charge on any atom is 0.265 e. The molecule has 1 N–H and O–H groups in total. The Kier molecular flexibility index (Phi) is 6.09. The molecule has 0 aromatic heterocycles. The van der Waals surface area contributed by atoms with E-state index in [0.717, 1.165) is 22.4 Å². The van der Waals surface area contributed by atoms with Crippen LogP contribution in [0.2, 0.25) is 0 Å². The van der Waals surface area contributed by atoms with E-state index in [1.54, 1.807) is 14.1 Å². The molecule has 2 atom stereocenters. The molecule has 6 heteroatoms. The van der Waals surface area contributed by atoms with Crippen LogP contribution in [0.5, 0.6) is 0 Å². The van der Waals surface area contributed by atoms with Gasteiger partial charge in [-0.2, -0.15) is 0 Å². The number of nitrogens with one attached hydrogen (secondary N) is 1. The Labute approximate surface area is 165 Å². The number of carbonyl (C=O) groups is 2. The Bertz CT molecular complexity index is 878. The summed E-state index contributed by atoms with van der Waals surface area (Å²) in [6.45, 7) is 2.00. The maximum absolute atomic E-state index is 12.8. The topological polar surface area (TPSA) is 71.0 Å². The van der Waals surface area contributed by atoms with Gasteiger partial charge in [0, 0.05) is 32.5 Å². The molecule has 2 aromatic carbocycles. The van der Waals surface area contributed by atoms with Crippen molar-refractivity contribution in [2.24, 2.45) is 5.16 Å². The van der Waals surface area contributed by atoms with Crippen molar-refractivity contribution in [3.8, 4) is 0 Å². The lowest BCUT2D eigenvalue weighted by molar-refractivity contribution is -0.138. The summed E-state index contributed by atoms with van der Waals surface area (Å²) in [6.07, 6.45) is 0.0649. The third-order valence-electron chi connectivity index (χ3n) is 4.76. The zero-order chi connectivity index (χ0) is 20.1. The zero-order valence-corrected chi connectivity index (χ0v) is 16.4. The van der Waals surface area contributed by atoms with Gasteiger partial charge >= 0.3 is 0 Å². The molecule has 3 rings (SSSR count). The summed E-state index contributed by atoms with van der Waals surface area (Å²) in [5.74, 6) is -0.487. The van der Waals surface area contributed by atoms with Crippen molar-refractivity contribution in [1.29, 1.82) is 0 Å². The summed E-state index contributed by atoms with van der Waals surface area (Å²) in [7, 11) is 3.36. The number of carbonyl (C=O) groups excluding carboxylic acids is 2. The fraction of sp³-hybridized carbons (Fsp3) is 0.318. The predicted octanol–water partition coefficient (Wildman–Crippen LogP) is 2.30. The molecule has 0 fully saturated rings. The van der Waals surface area contributed by atoms with Gasteiger partial charge in [0.15, 0.2) is 0 Å². The van der Waals surface area contributed by atoms with Gasteiger partial charge in [-0.05, 0) is 18.1 Å². The highest BCUT2D eigenvalue weighted by atomic mass is 16.6. The minimum atomic E-state index is -0.733. The minimum absolute atomic E-state index is 0.157. The van der Waals surface area contributed by atoms with Crippen molar-refractivity contribution in [2.45, 2.75) is 31.9 Å². The fourth-order valence-electron chi connectivity index (χ4n) is 3.20. The van der Waals surface area contributed by atoms with Crippen molar-refractivity contribution in [1.82, 2.24) is 10.2 Å². The summed E-state index contributed by atoms with van der Waals surface area (Å²) >= 11 is 0. The maximum atomic E-state index is 12.8. The number of hydrogen-bond acceptors (Lipinski definition) is 4. The molecule has 146 valence electrons. The summed E-state index contributed by atoms with van der Waals surface area (Å²) < 4.78 is 0. The average molecular weight is 379 g/mol. The number of oxime groups is 1. The van der Waals surface area contributed by atoms with Gasteiger partial charge in [-0.15, -0.1) is 0 Å². The third kappa shape index (κ3) is 4.57. The molecule has 28 heavy (non-hydrogen) atoms. The molecule has 0 saturated heterocycles. The van der Waals surface area contributed by atoms with Crippen LogP contribution in [0.4, 0.5) is 0 Å². The van der Waals surface area contributed by atoms with E-state index in [0.29, 0.717) is 12.8 Å². The molecule has 2 amide bonds. The number of amides is 2. The fourth-order valence-corrected chi connectivity index (χ4v) is 3.20. The normalized spacial score (nSPS) is 16.7. The predicted molar refractivity (Wildman–Crippen MR) is 108 cm³/mol. The van der Waals surface area contributed by atoms with Crippen LogP contribution in [-0.4, -0.2) is 48.7 Å². The van der Waals surface area contributed by atoms with E-state index in [-0.39, 0.29) is 11.8 Å². The van der Waals surface area contributed by atoms with Gasteiger partial charge in [-0.1, -0.05) is 59.8 Å². The summed E-state index contributed by atoms with van der Waals surface area (Å²) in [4.78, 5) is 32.2. The van der Waals surface area contributed by atoms with Crippen LogP contribution in [0.1, 0.15) is 23.1 Å². The van der Waals surface area contributed by atoms with Gasteiger partial charge in [0.05, 0.1) is 5.71 Å². The standard InChI is InChI=1S/C22H25N3O3/c1-15-9-7-8-12-17(15)18-14-20(28-24-18)21(26)23-19(22(27)25(2)3)13-16-10-5-4-6-11-16/h4-12,19-20H,13-14H2,1-3H3,(H,23,26). The van der Waals surface area contributed by atoms with E-state index in [2.05, 4.69) is 10.5 Å². The lowest BCUT2D eigenvalue weighted by Gasteiger charge is -2.23. The van der Waals surface area contributed by atoms with Crippen molar-refractivity contribution >= 4 is 17.5 Å². The van der Waals surface area contributed by atoms with Crippen molar-refractivity contribution in [3.63, 3.8) is 0 Å². The largest absolute Gasteiger partial charge is 0.382 e. The molecular weight excluding hydrogens is 354 g/mol. The van der Waals surface area contributed by atoms with Crippen LogP contribution in [0.25, 0.3) is 0 Å². The first-order chi connectivity index (χ1) is 13.5. The molecule has 0 radical (unpaired) electrons. The van der Waals surface area contributed by atoms with Gasteiger partial charge in [0.2, 0.25) is 12.0 Å². The van der Waals surface area contributed by atoms with Gasteiger partial charge < -0.3 is 15.1 Å². The molecule has 1 aliphatic heterocycles. The second kappa shape index (κ2) is 8.69. The molecular formula is C22H25N3O3. The van der Waals surface area contributed by atoms with E-state index in [4.69, 9.17) is 4.84 Å². The van der Waals surface area contributed by atoms with Crippen LogP contribution >= 0.6 is 0 Å². The number of aryl methyl sites for hydroxylation is 1. The second-order valence-electron chi connectivity index (χ2n) is 7.13. The smallest absolute Gasteiger partial charge is 0.265 e. The lowest BCUT2D eigenvalue weighted by Crippen LogP contribution is -2.50. The SMILES string of the molecule is Cc1ccccc1C1=NOC(C(=O)NC(Cc2ccccc2)C(=O)N(C)C)C1. The Morgan fingerprint density at radius 1 is 1.14 bits per heavy atom.